The average Bonchev–Trinajstić information content (AvgIpc) is 2.32. The van der Waals surface area contributed by atoms with Crippen LogP contribution in [0.2, 0.25) is 0 Å². The molecule has 0 heterocycles. The van der Waals surface area contributed by atoms with Gasteiger partial charge in [-0.15, -0.1) is 12.4 Å². The molecule has 1 rings (SSSR count). The first-order valence-corrected chi connectivity index (χ1v) is 6.35. The molecule has 114 valence electrons. The van der Waals surface area contributed by atoms with Crippen molar-refractivity contribution in [1.82, 2.24) is 5.32 Å². The van der Waals surface area contributed by atoms with Crippen molar-refractivity contribution < 1.29 is 13.6 Å². The summed E-state index contributed by atoms with van der Waals surface area (Å²) in [5, 5.41) is 2.74. The van der Waals surface area contributed by atoms with Crippen molar-refractivity contribution in [3.8, 4) is 0 Å². The zero-order valence-corrected chi connectivity index (χ0v) is 12.5. The maximum Gasteiger partial charge on any atom is 0.224 e. The molecule has 0 fully saturated rings. The molecule has 0 saturated heterocycles. The van der Waals surface area contributed by atoms with E-state index >= 15 is 0 Å². The first-order chi connectivity index (χ1) is 8.92. The quantitative estimate of drug-likeness (QED) is 0.848. The Morgan fingerprint density at radius 3 is 2.55 bits per heavy atom. The second kappa shape index (κ2) is 8.87. The molecule has 6 heteroatoms. The van der Waals surface area contributed by atoms with Gasteiger partial charge in [0, 0.05) is 18.2 Å². The summed E-state index contributed by atoms with van der Waals surface area (Å²) < 4.78 is 26.4. The highest BCUT2D eigenvalue weighted by Crippen LogP contribution is 2.11. The van der Waals surface area contributed by atoms with Crippen LogP contribution in [0.5, 0.6) is 0 Å². The molecule has 0 aliphatic heterocycles. The third-order valence-electron chi connectivity index (χ3n) is 2.76. The van der Waals surface area contributed by atoms with Gasteiger partial charge in [-0.25, -0.2) is 8.78 Å². The van der Waals surface area contributed by atoms with Gasteiger partial charge in [-0.2, -0.15) is 0 Å². The van der Waals surface area contributed by atoms with Gasteiger partial charge in [-0.1, -0.05) is 13.8 Å². The van der Waals surface area contributed by atoms with Crippen LogP contribution in [-0.4, -0.2) is 18.5 Å². The van der Waals surface area contributed by atoms with Crippen molar-refractivity contribution in [2.75, 3.05) is 6.54 Å². The molecule has 1 aromatic rings. The van der Waals surface area contributed by atoms with E-state index in [2.05, 4.69) is 5.32 Å². The molecule has 1 amide bonds. The van der Waals surface area contributed by atoms with Gasteiger partial charge in [0.25, 0.3) is 0 Å². The van der Waals surface area contributed by atoms with Crippen molar-refractivity contribution in [1.29, 1.82) is 0 Å². The minimum atomic E-state index is -0.579. The lowest BCUT2D eigenvalue weighted by atomic mass is 10.0. The van der Waals surface area contributed by atoms with E-state index in [0.717, 1.165) is 24.6 Å². The molecule has 1 atom stereocenters. The van der Waals surface area contributed by atoms with Gasteiger partial charge < -0.3 is 11.1 Å². The molecule has 0 bridgehead atoms. The van der Waals surface area contributed by atoms with Crippen LogP contribution in [-0.2, 0) is 11.2 Å². The molecule has 1 unspecified atom stereocenters. The van der Waals surface area contributed by atoms with Crippen LogP contribution in [0.25, 0.3) is 0 Å². The van der Waals surface area contributed by atoms with Crippen molar-refractivity contribution in [3.63, 3.8) is 0 Å². The second-order valence-electron chi connectivity index (χ2n) is 5.04. The Labute approximate surface area is 124 Å². The molecule has 0 spiro atoms. The van der Waals surface area contributed by atoms with Crippen LogP contribution in [0.4, 0.5) is 8.78 Å². The third kappa shape index (κ3) is 6.30. The zero-order valence-electron chi connectivity index (χ0n) is 11.7. The summed E-state index contributed by atoms with van der Waals surface area (Å²) in [6.07, 6.45) is 0.575. The Bertz CT molecular complexity index is 441. The fourth-order valence-electron chi connectivity index (χ4n) is 1.91. The number of hydrogen-bond donors (Lipinski definition) is 2. The van der Waals surface area contributed by atoms with Crippen LogP contribution in [0.15, 0.2) is 18.2 Å². The molecule has 0 saturated carbocycles. The minimum Gasteiger partial charge on any atom is -0.352 e. The van der Waals surface area contributed by atoms with Crippen LogP contribution in [0.1, 0.15) is 25.8 Å². The summed E-state index contributed by atoms with van der Waals surface area (Å²) in [5.74, 6) is -1.08. The van der Waals surface area contributed by atoms with Crippen LogP contribution < -0.4 is 11.1 Å². The van der Waals surface area contributed by atoms with E-state index < -0.39 is 11.6 Å². The van der Waals surface area contributed by atoms with Crippen LogP contribution in [0, 0.1) is 17.6 Å². The Balaban J connectivity index is 0.00000361. The molecule has 3 N–H and O–H groups in total. The minimum absolute atomic E-state index is 0. The number of carbonyl (C=O) groups excluding carboxylic acids is 1. The van der Waals surface area contributed by atoms with E-state index in [1.54, 1.807) is 0 Å². The Hall–Kier alpha value is -1.20. The molecular formula is C14H21ClF2N2O. The maximum absolute atomic E-state index is 13.4. The number of benzene rings is 1. The third-order valence-corrected chi connectivity index (χ3v) is 2.76. The molecular weight excluding hydrogens is 286 g/mol. The smallest absolute Gasteiger partial charge is 0.224 e. The molecule has 0 radical (unpaired) electrons. The lowest BCUT2D eigenvalue weighted by molar-refractivity contribution is -0.121. The summed E-state index contributed by atoms with van der Waals surface area (Å²) in [6, 6.07) is 2.95. The molecule has 20 heavy (non-hydrogen) atoms. The highest BCUT2D eigenvalue weighted by atomic mass is 35.5. The van der Waals surface area contributed by atoms with Gasteiger partial charge in [0.05, 0.1) is 6.42 Å². The number of nitrogens with one attached hydrogen (secondary N) is 1. The number of carbonyl (C=O) groups is 1. The van der Waals surface area contributed by atoms with E-state index in [1.165, 1.54) is 0 Å². The van der Waals surface area contributed by atoms with E-state index in [-0.39, 0.29) is 36.3 Å². The van der Waals surface area contributed by atoms with Crippen molar-refractivity contribution in [2.45, 2.75) is 32.7 Å². The number of halogens is 3. The lowest BCUT2D eigenvalue weighted by Crippen LogP contribution is -2.41. The summed E-state index contributed by atoms with van der Waals surface area (Å²) >= 11 is 0. The summed E-state index contributed by atoms with van der Waals surface area (Å²) in [5.41, 5.74) is 5.62. The second-order valence-corrected chi connectivity index (χ2v) is 5.04. The van der Waals surface area contributed by atoms with Crippen molar-refractivity contribution >= 4 is 18.3 Å². The van der Waals surface area contributed by atoms with E-state index in [1.807, 2.05) is 13.8 Å². The largest absolute Gasteiger partial charge is 0.352 e. The summed E-state index contributed by atoms with van der Waals surface area (Å²) in [6.45, 7) is 4.39. The Morgan fingerprint density at radius 1 is 1.35 bits per heavy atom. The first-order valence-electron chi connectivity index (χ1n) is 6.35. The predicted molar refractivity (Wildman–Crippen MR) is 77.8 cm³/mol. The highest BCUT2D eigenvalue weighted by Gasteiger charge is 2.14. The Morgan fingerprint density at radius 2 is 2.00 bits per heavy atom. The number of amides is 1. The highest BCUT2D eigenvalue weighted by molar-refractivity contribution is 5.85. The van der Waals surface area contributed by atoms with Crippen molar-refractivity contribution in [3.05, 3.63) is 35.4 Å². The molecule has 0 aliphatic rings. The number of nitrogens with two attached hydrogens (primary N) is 1. The molecule has 3 nitrogen and oxygen atoms in total. The maximum atomic E-state index is 13.4. The van der Waals surface area contributed by atoms with Gasteiger partial charge >= 0.3 is 0 Å². The van der Waals surface area contributed by atoms with Crippen LogP contribution in [0.3, 0.4) is 0 Å². The van der Waals surface area contributed by atoms with E-state index in [9.17, 15) is 13.6 Å². The Kier molecular flexibility index (Phi) is 8.34. The van der Waals surface area contributed by atoms with Gasteiger partial charge in [0.2, 0.25) is 5.91 Å². The fourth-order valence-corrected chi connectivity index (χ4v) is 1.91. The van der Waals surface area contributed by atoms with Crippen molar-refractivity contribution in [2.24, 2.45) is 11.7 Å². The molecule has 1 aromatic carbocycles. The van der Waals surface area contributed by atoms with Crippen LogP contribution >= 0.6 is 12.4 Å². The first kappa shape index (κ1) is 18.8. The topological polar surface area (TPSA) is 55.1 Å². The van der Waals surface area contributed by atoms with E-state index in [4.69, 9.17) is 5.73 Å². The summed E-state index contributed by atoms with van der Waals surface area (Å²) in [7, 11) is 0. The standard InChI is InChI=1S/C14H20F2N2O.ClH/c1-9(2)5-12(8-17)18-14(19)7-10-6-11(15)3-4-13(10)16;/h3-4,6,9,12H,5,7-8,17H2,1-2H3,(H,18,19);1H. The van der Waals surface area contributed by atoms with E-state index in [0.29, 0.717) is 12.5 Å². The normalized spacial score (nSPS) is 11.9. The summed E-state index contributed by atoms with van der Waals surface area (Å²) in [4.78, 5) is 11.8. The number of rotatable bonds is 6. The van der Waals surface area contributed by atoms with Gasteiger partial charge in [-0.3, -0.25) is 4.79 Å². The predicted octanol–water partition coefficient (Wildman–Crippen LogP) is 2.42. The lowest BCUT2D eigenvalue weighted by Gasteiger charge is -2.18. The monoisotopic (exact) mass is 306 g/mol. The zero-order chi connectivity index (χ0) is 14.4. The van der Waals surface area contributed by atoms with Gasteiger partial charge in [0.15, 0.2) is 0 Å². The SMILES string of the molecule is CC(C)CC(CN)NC(=O)Cc1cc(F)ccc1F.Cl. The van der Waals surface area contributed by atoms with Gasteiger partial charge in [-0.05, 0) is 30.5 Å². The average molecular weight is 307 g/mol. The molecule has 0 aliphatic carbocycles. The molecule has 0 aromatic heterocycles. The number of hydrogen-bond acceptors (Lipinski definition) is 2. The van der Waals surface area contributed by atoms with Gasteiger partial charge in [0.1, 0.15) is 11.6 Å². The fraction of sp³-hybridized carbons (Fsp3) is 0.500.